The van der Waals surface area contributed by atoms with Crippen molar-refractivity contribution in [2.45, 2.75) is 13.1 Å². The molecule has 0 aromatic carbocycles. The summed E-state index contributed by atoms with van der Waals surface area (Å²) in [6, 6.07) is 0. The quantitative estimate of drug-likeness (QED) is 0.704. The van der Waals surface area contributed by atoms with E-state index in [4.69, 9.17) is 5.73 Å². The number of carbonyl (C=O) groups is 1. The van der Waals surface area contributed by atoms with Crippen LogP contribution in [0.3, 0.4) is 0 Å². The predicted octanol–water partition coefficient (Wildman–Crippen LogP) is 1.22. The van der Waals surface area contributed by atoms with Crippen molar-refractivity contribution in [3.8, 4) is 0 Å². The highest BCUT2D eigenvalue weighted by Crippen LogP contribution is 2.33. The van der Waals surface area contributed by atoms with Gasteiger partial charge >= 0.3 is 6.18 Å². The Balaban J connectivity index is 3.45. The van der Waals surface area contributed by atoms with Gasteiger partial charge in [-0.05, 0) is 6.92 Å². The summed E-state index contributed by atoms with van der Waals surface area (Å²) in [5, 5.41) is 3.15. The van der Waals surface area contributed by atoms with E-state index >= 15 is 0 Å². The molecule has 0 atom stereocenters. The second-order valence-corrected chi connectivity index (χ2v) is 2.79. The van der Waals surface area contributed by atoms with E-state index in [2.05, 4.69) is 5.10 Å². The summed E-state index contributed by atoms with van der Waals surface area (Å²) in [7, 11) is 1.25. The van der Waals surface area contributed by atoms with Crippen molar-refractivity contribution in [3.63, 3.8) is 0 Å². The Morgan fingerprint density at radius 1 is 1.50 bits per heavy atom. The second kappa shape index (κ2) is 3.00. The maximum atomic E-state index is 12.3. The number of aromatic nitrogens is 2. The van der Waals surface area contributed by atoms with Gasteiger partial charge in [-0.1, -0.05) is 0 Å². The van der Waals surface area contributed by atoms with Crippen LogP contribution in [0.15, 0.2) is 0 Å². The van der Waals surface area contributed by atoms with Gasteiger partial charge in [0.15, 0.2) is 11.5 Å². The van der Waals surface area contributed by atoms with Gasteiger partial charge < -0.3 is 5.73 Å². The lowest BCUT2D eigenvalue weighted by Crippen LogP contribution is -2.11. The van der Waals surface area contributed by atoms with Crippen molar-refractivity contribution < 1.29 is 18.0 Å². The lowest BCUT2D eigenvalue weighted by molar-refractivity contribution is -0.141. The van der Waals surface area contributed by atoms with Gasteiger partial charge in [0.25, 0.3) is 0 Å². The number of hydrogen-bond donors (Lipinski definition) is 1. The SMILES string of the molecule is CC(=O)c1c(C(F)(F)F)nn(C)c1N. The summed E-state index contributed by atoms with van der Waals surface area (Å²) >= 11 is 0. The average Bonchev–Trinajstić information content (AvgIpc) is 2.27. The molecule has 14 heavy (non-hydrogen) atoms. The number of alkyl halides is 3. The van der Waals surface area contributed by atoms with Crippen molar-refractivity contribution in [2.24, 2.45) is 7.05 Å². The zero-order chi connectivity index (χ0) is 11.1. The Labute approximate surface area is 77.5 Å². The Morgan fingerprint density at radius 2 is 2.00 bits per heavy atom. The number of anilines is 1. The molecule has 0 fully saturated rings. The fourth-order valence-corrected chi connectivity index (χ4v) is 1.08. The third kappa shape index (κ3) is 1.57. The highest BCUT2D eigenvalue weighted by atomic mass is 19.4. The zero-order valence-electron chi connectivity index (χ0n) is 7.51. The Morgan fingerprint density at radius 3 is 2.29 bits per heavy atom. The molecule has 78 valence electrons. The predicted molar refractivity (Wildman–Crippen MR) is 42.6 cm³/mol. The molecule has 2 N–H and O–H groups in total. The van der Waals surface area contributed by atoms with Crippen LogP contribution in [0, 0.1) is 0 Å². The summed E-state index contributed by atoms with van der Waals surface area (Å²) in [5.41, 5.74) is 3.48. The number of ketones is 1. The fourth-order valence-electron chi connectivity index (χ4n) is 1.08. The molecule has 1 heterocycles. The Kier molecular flexibility index (Phi) is 2.26. The summed E-state index contributed by atoms with van der Waals surface area (Å²) in [6.45, 7) is 1.02. The smallest absolute Gasteiger partial charge is 0.383 e. The lowest BCUT2D eigenvalue weighted by Gasteiger charge is -2.03. The molecule has 0 amide bonds. The van der Waals surface area contributed by atoms with Crippen LogP contribution in [0.25, 0.3) is 0 Å². The van der Waals surface area contributed by atoms with Gasteiger partial charge in [-0.3, -0.25) is 9.48 Å². The molecule has 0 unspecified atom stereocenters. The van der Waals surface area contributed by atoms with Crippen molar-refractivity contribution in [1.82, 2.24) is 9.78 Å². The van der Waals surface area contributed by atoms with Crippen molar-refractivity contribution in [1.29, 1.82) is 0 Å². The molecule has 0 aliphatic rings. The fraction of sp³-hybridized carbons (Fsp3) is 0.429. The molecule has 0 spiro atoms. The van der Waals surface area contributed by atoms with E-state index in [1.165, 1.54) is 7.05 Å². The average molecular weight is 207 g/mol. The van der Waals surface area contributed by atoms with Crippen LogP contribution < -0.4 is 5.73 Å². The largest absolute Gasteiger partial charge is 0.435 e. The van der Waals surface area contributed by atoms with Gasteiger partial charge in [0, 0.05) is 7.05 Å². The first-order valence-corrected chi connectivity index (χ1v) is 3.65. The van der Waals surface area contributed by atoms with Gasteiger partial charge in [0.2, 0.25) is 0 Å². The number of nitrogens with zero attached hydrogens (tertiary/aromatic N) is 2. The number of rotatable bonds is 1. The number of hydrogen-bond acceptors (Lipinski definition) is 3. The number of aryl methyl sites for hydroxylation is 1. The van der Waals surface area contributed by atoms with Crippen LogP contribution in [0.5, 0.6) is 0 Å². The molecule has 4 nitrogen and oxygen atoms in total. The first-order chi connectivity index (χ1) is 6.25. The van der Waals surface area contributed by atoms with E-state index < -0.39 is 23.2 Å². The number of nitrogen functional groups attached to an aromatic ring is 1. The van der Waals surface area contributed by atoms with Crippen LogP contribution in [0.2, 0.25) is 0 Å². The molecule has 0 saturated heterocycles. The Bertz CT molecular complexity index is 380. The first kappa shape index (κ1) is 10.6. The highest BCUT2D eigenvalue weighted by Gasteiger charge is 2.39. The number of Topliss-reactive ketones (excluding diaryl/α,β-unsaturated/α-hetero) is 1. The molecule has 7 heteroatoms. The van der Waals surface area contributed by atoms with E-state index in [1.807, 2.05) is 0 Å². The third-order valence-corrected chi connectivity index (χ3v) is 1.71. The van der Waals surface area contributed by atoms with E-state index in [1.54, 1.807) is 0 Å². The van der Waals surface area contributed by atoms with Crippen LogP contribution in [-0.4, -0.2) is 15.6 Å². The molecule has 0 aliphatic heterocycles. The molecule has 1 rings (SSSR count). The van der Waals surface area contributed by atoms with E-state index in [-0.39, 0.29) is 5.82 Å². The summed E-state index contributed by atoms with van der Waals surface area (Å²) in [4.78, 5) is 10.9. The van der Waals surface area contributed by atoms with E-state index in [0.29, 0.717) is 0 Å². The topological polar surface area (TPSA) is 60.9 Å². The minimum atomic E-state index is -4.66. The molecular formula is C7H8F3N3O. The van der Waals surface area contributed by atoms with Crippen LogP contribution in [0.4, 0.5) is 19.0 Å². The summed E-state index contributed by atoms with van der Waals surface area (Å²) < 4.78 is 37.8. The molecule has 0 aliphatic carbocycles. The van der Waals surface area contributed by atoms with Gasteiger partial charge in [-0.25, -0.2) is 0 Å². The summed E-state index contributed by atoms with van der Waals surface area (Å²) in [5.74, 6) is -1.02. The molecule has 0 radical (unpaired) electrons. The summed E-state index contributed by atoms with van der Waals surface area (Å²) in [6.07, 6.45) is -4.66. The normalized spacial score (nSPS) is 11.8. The van der Waals surface area contributed by atoms with E-state index in [0.717, 1.165) is 11.6 Å². The minimum absolute atomic E-state index is 0.273. The van der Waals surface area contributed by atoms with Crippen LogP contribution >= 0.6 is 0 Å². The molecular weight excluding hydrogens is 199 g/mol. The maximum Gasteiger partial charge on any atom is 0.435 e. The van der Waals surface area contributed by atoms with Gasteiger partial charge in [-0.15, -0.1) is 0 Å². The Hall–Kier alpha value is -1.53. The lowest BCUT2D eigenvalue weighted by atomic mass is 10.1. The molecule has 1 aromatic heterocycles. The second-order valence-electron chi connectivity index (χ2n) is 2.79. The van der Waals surface area contributed by atoms with Crippen LogP contribution in [-0.2, 0) is 13.2 Å². The number of nitrogens with two attached hydrogens (primary N) is 1. The molecule has 0 saturated carbocycles. The zero-order valence-corrected chi connectivity index (χ0v) is 7.51. The van der Waals surface area contributed by atoms with Gasteiger partial charge in [0.1, 0.15) is 5.82 Å². The van der Waals surface area contributed by atoms with E-state index in [9.17, 15) is 18.0 Å². The van der Waals surface area contributed by atoms with Crippen LogP contribution in [0.1, 0.15) is 23.0 Å². The van der Waals surface area contributed by atoms with Crippen molar-refractivity contribution in [3.05, 3.63) is 11.3 Å². The number of halogens is 3. The number of carbonyl (C=O) groups excluding carboxylic acids is 1. The first-order valence-electron chi connectivity index (χ1n) is 3.65. The van der Waals surface area contributed by atoms with Gasteiger partial charge in [-0.2, -0.15) is 18.3 Å². The minimum Gasteiger partial charge on any atom is -0.383 e. The van der Waals surface area contributed by atoms with Crippen molar-refractivity contribution in [2.75, 3.05) is 5.73 Å². The molecule has 1 aromatic rings. The molecule has 0 bridgehead atoms. The third-order valence-electron chi connectivity index (χ3n) is 1.71. The van der Waals surface area contributed by atoms with Crippen molar-refractivity contribution >= 4 is 11.6 Å². The standard InChI is InChI=1S/C7H8F3N3O/c1-3(14)4-5(7(8,9)10)12-13(2)6(4)11/h11H2,1-2H3. The monoisotopic (exact) mass is 207 g/mol. The highest BCUT2D eigenvalue weighted by molar-refractivity contribution is 5.99. The maximum absolute atomic E-state index is 12.3. The van der Waals surface area contributed by atoms with Gasteiger partial charge in [0.05, 0.1) is 5.56 Å².